The molecule has 2 N–H and O–H groups in total. The first kappa shape index (κ1) is 17.0. The number of carbonyl (C=O) groups is 1. The van der Waals surface area contributed by atoms with Crippen molar-refractivity contribution in [3.63, 3.8) is 0 Å². The maximum Gasteiger partial charge on any atom is 0.415 e. The number of anilines is 2. The zero-order valence-electron chi connectivity index (χ0n) is 12.9. The summed E-state index contributed by atoms with van der Waals surface area (Å²) in [6.45, 7) is 2.91. The first-order valence-corrected chi connectivity index (χ1v) is 9.02. The molecule has 0 spiro atoms. The maximum absolute atomic E-state index is 11.9. The Kier molecular flexibility index (Phi) is 5.23. The highest BCUT2D eigenvalue weighted by atomic mass is 35.5. The molecule has 0 saturated carbocycles. The number of amides is 1. The number of benzene rings is 1. The predicted molar refractivity (Wildman–Crippen MR) is 102 cm³/mol. The van der Waals surface area contributed by atoms with Crippen LogP contribution in [0, 0.1) is 6.92 Å². The lowest BCUT2D eigenvalue weighted by molar-refractivity contribution is 0.143. The summed E-state index contributed by atoms with van der Waals surface area (Å²) in [6.07, 6.45) is -0.567. The molecular weight excluding hydrogens is 366 g/mol. The van der Waals surface area contributed by atoms with E-state index in [0.717, 1.165) is 16.3 Å². The Balaban J connectivity index is 1.51. The second-order valence-corrected chi connectivity index (χ2v) is 7.13. The summed E-state index contributed by atoms with van der Waals surface area (Å²) >= 11 is 12.7. The van der Waals surface area contributed by atoms with Gasteiger partial charge in [0.15, 0.2) is 5.11 Å². The van der Waals surface area contributed by atoms with Gasteiger partial charge in [0, 0.05) is 10.7 Å². The minimum Gasteiger partial charge on any atom is -0.442 e. The second-order valence-electron chi connectivity index (χ2n) is 5.36. The van der Waals surface area contributed by atoms with E-state index in [1.807, 2.05) is 36.6 Å². The molecule has 1 aliphatic heterocycles. The zero-order chi connectivity index (χ0) is 17.1. The second kappa shape index (κ2) is 7.38. The lowest BCUT2D eigenvalue weighted by atomic mass is 10.2. The molecular formula is C16H16ClN3O2S2. The molecule has 126 valence electrons. The Morgan fingerprint density at radius 2 is 2.33 bits per heavy atom. The number of halogens is 1. The van der Waals surface area contributed by atoms with Crippen molar-refractivity contribution in [3.8, 4) is 0 Å². The Labute approximate surface area is 154 Å². The molecule has 5 nitrogen and oxygen atoms in total. The van der Waals surface area contributed by atoms with Gasteiger partial charge in [-0.3, -0.25) is 4.90 Å². The monoisotopic (exact) mass is 381 g/mol. The predicted octanol–water partition coefficient (Wildman–Crippen LogP) is 4.02. The van der Waals surface area contributed by atoms with Crippen molar-refractivity contribution in [2.45, 2.75) is 13.0 Å². The van der Waals surface area contributed by atoms with Gasteiger partial charge in [0.05, 0.1) is 13.1 Å². The van der Waals surface area contributed by atoms with Crippen molar-refractivity contribution in [3.05, 3.63) is 46.3 Å². The molecule has 24 heavy (non-hydrogen) atoms. The minimum atomic E-state index is -0.323. The Hall–Kier alpha value is -1.83. The summed E-state index contributed by atoms with van der Waals surface area (Å²) < 4.78 is 5.36. The molecule has 3 rings (SSSR count). The van der Waals surface area contributed by atoms with Gasteiger partial charge in [0.2, 0.25) is 0 Å². The molecule has 0 aliphatic carbocycles. The van der Waals surface area contributed by atoms with Gasteiger partial charge in [0.25, 0.3) is 0 Å². The normalized spacial score (nSPS) is 16.8. The van der Waals surface area contributed by atoms with Crippen molar-refractivity contribution in [1.82, 2.24) is 5.32 Å². The number of hydrogen-bond acceptors (Lipinski definition) is 4. The zero-order valence-corrected chi connectivity index (χ0v) is 15.3. The summed E-state index contributed by atoms with van der Waals surface area (Å²) in [6, 6.07) is 9.35. The minimum absolute atomic E-state index is 0.245. The third-order valence-corrected chi connectivity index (χ3v) is 4.95. The lowest BCUT2D eigenvalue weighted by Gasteiger charge is -2.15. The van der Waals surface area contributed by atoms with Gasteiger partial charge in [-0.1, -0.05) is 11.6 Å². The highest BCUT2D eigenvalue weighted by Gasteiger charge is 2.32. The number of carbonyl (C=O) groups excluding carboxylic acids is 1. The van der Waals surface area contributed by atoms with Gasteiger partial charge in [-0.05, 0) is 60.4 Å². The molecule has 1 fully saturated rings. The van der Waals surface area contributed by atoms with Gasteiger partial charge < -0.3 is 15.4 Å². The third kappa shape index (κ3) is 3.98. The standard InChI is InChI=1S/C16H16ClN3O2S2/c1-10-7-11(17)4-5-13(10)19-15(23)18-8-12-9-20(16(21)22-12)14-3-2-6-24-14/h2-7,12H,8-9H2,1H3,(H2,18,19,23). The lowest BCUT2D eigenvalue weighted by Crippen LogP contribution is -2.37. The van der Waals surface area contributed by atoms with E-state index in [9.17, 15) is 4.79 Å². The smallest absolute Gasteiger partial charge is 0.415 e. The number of thiophene rings is 1. The van der Waals surface area contributed by atoms with E-state index in [2.05, 4.69) is 10.6 Å². The van der Waals surface area contributed by atoms with Gasteiger partial charge in [-0.2, -0.15) is 0 Å². The number of nitrogens with zero attached hydrogens (tertiary/aromatic N) is 1. The van der Waals surface area contributed by atoms with Crippen LogP contribution in [0.1, 0.15) is 5.56 Å². The Morgan fingerprint density at radius 1 is 1.50 bits per heavy atom. The van der Waals surface area contributed by atoms with Crippen LogP contribution in [0.3, 0.4) is 0 Å². The van der Waals surface area contributed by atoms with Gasteiger partial charge in [-0.15, -0.1) is 11.3 Å². The molecule has 1 amide bonds. The van der Waals surface area contributed by atoms with E-state index in [0.29, 0.717) is 23.2 Å². The van der Waals surface area contributed by atoms with Crippen LogP contribution in [-0.4, -0.2) is 30.4 Å². The molecule has 2 aromatic rings. The third-order valence-electron chi connectivity index (χ3n) is 3.57. The van der Waals surface area contributed by atoms with Crippen molar-refractivity contribution < 1.29 is 9.53 Å². The van der Waals surface area contributed by atoms with Gasteiger partial charge in [0.1, 0.15) is 11.1 Å². The molecule has 1 aromatic heterocycles. The molecule has 8 heteroatoms. The molecule has 1 saturated heterocycles. The van der Waals surface area contributed by atoms with E-state index >= 15 is 0 Å². The summed E-state index contributed by atoms with van der Waals surface area (Å²) in [7, 11) is 0. The van der Waals surface area contributed by atoms with E-state index < -0.39 is 0 Å². The van der Waals surface area contributed by atoms with Crippen molar-refractivity contribution >= 4 is 57.0 Å². The van der Waals surface area contributed by atoms with E-state index in [4.69, 9.17) is 28.6 Å². The molecule has 0 radical (unpaired) electrons. The van der Waals surface area contributed by atoms with E-state index in [1.165, 1.54) is 11.3 Å². The summed E-state index contributed by atoms with van der Waals surface area (Å²) in [5.41, 5.74) is 1.89. The van der Waals surface area contributed by atoms with E-state index in [-0.39, 0.29) is 12.2 Å². The van der Waals surface area contributed by atoms with Crippen LogP contribution in [0.15, 0.2) is 35.7 Å². The molecule has 1 unspecified atom stereocenters. The van der Waals surface area contributed by atoms with Crippen LogP contribution in [0.5, 0.6) is 0 Å². The number of rotatable bonds is 4. The van der Waals surface area contributed by atoms with E-state index in [1.54, 1.807) is 11.0 Å². The highest BCUT2D eigenvalue weighted by Crippen LogP contribution is 2.26. The topological polar surface area (TPSA) is 53.6 Å². The maximum atomic E-state index is 11.9. The average Bonchev–Trinajstić information content (AvgIpc) is 3.17. The summed E-state index contributed by atoms with van der Waals surface area (Å²) in [5, 5.41) is 10.2. The van der Waals surface area contributed by atoms with Crippen molar-refractivity contribution in [2.24, 2.45) is 0 Å². The number of nitrogens with one attached hydrogen (secondary N) is 2. The average molecular weight is 382 g/mol. The van der Waals surface area contributed by atoms with Crippen LogP contribution in [0.2, 0.25) is 5.02 Å². The molecule has 2 heterocycles. The molecule has 1 atom stereocenters. The Morgan fingerprint density at radius 3 is 3.04 bits per heavy atom. The summed E-state index contributed by atoms with van der Waals surface area (Å²) in [4.78, 5) is 13.6. The van der Waals surface area contributed by atoms with Crippen molar-refractivity contribution in [2.75, 3.05) is 23.3 Å². The van der Waals surface area contributed by atoms with Crippen LogP contribution < -0.4 is 15.5 Å². The molecule has 1 aliphatic rings. The number of ether oxygens (including phenoxy) is 1. The number of thiocarbonyl (C=S) groups is 1. The van der Waals surface area contributed by atoms with Crippen LogP contribution in [0.25, 0.3) is 0 Å². The fourth-order valence-corrected chi connectivity index (χ4v) is 3.52. The Bertz CT molecular complexity index is 752. The SMILES string of the molecule is Cc1cc(Cl)ccc1NC(=S)NCC1CN(c2cccs2)C(=O)O1. The number of hydrogen-bond donors (Lipinski definition) is 2. The largest absolute Gasteiger partial charge is 0.442 e. The van der Waals surface area contributed by atoms with Crippen LogP contribution >= 0.6 is 35.2 Å². The molecule has 1 aromatic carbocycles. The first-order valence-electron chi connectivity index (χ1n) is 7.35. The molecule has 0 bridgehead atoms. The summed E-state index contributed by atoms with van der Waals surface area (Å²) in [5.74, 6) is 0. The van der Waals surface area contributed by atoms with Crippen molar-refractivity contribution in [1.29, 1.82) is 0 Å². The van der Waals surface area contributed by atoms with Crippen LogP contribution in [-0.2, 0) is 4.74 Å². The quantitative estimate of drug-likeness (QED) is 0.783. The first-order chi connectivity index (χ1) is 11.5. The van der Waals surface area contributed by atoms with Gasteiger partial charge >= 0.3 is 6.09 Å². The fourth-order valence-electron chi connectivity index (χ4n) is 2.37. The highest BCUT2D eigenvalue weighted by molar-refractivity contribution is 7.80. The van der Waals surface area contributed by atoms with Gasteiger partial charge in [-0.25, -0.2) is 4.79 Å². The van der Waals surface area contributed by atoms with Crippen LogP contribution in [0.4, 0.5) is 15.5 Å². The fraction of sp³-hybridized carbons (Fsp3) is 0.250. The number of cyclic esters (lactones) is 1. The number of aryl methyl sites for hydroxylation is 1.